The molecule has 164 valence electrons. The highest BCUT2D eigenvalue weighted by atomic mass is 16.4. The third-order valence-electron chi connectivity index (χ3n) is 8.16. The first-order valence-electron chi connectivity index (χ1n) is 11.2. The number of amides is 2. The van der Waals surface area contributed by atoms with Gasteiger partial charge in [0.1, 0.15) is 6.54 Å². The molecule has 1 saturated heterocycles. The number of carbonyl (C=O) groups is 2. The number of hydrogen-bond donors (Lipinski definition) is 1. The van der Waals surface area contributed by atoms with E-state index in [1.165, 1.54) is 12.0 Å². The van der Waals surface area contributed by atoms with Crippen LogP contribution in [0.3, 0.4) is 0 Å². The molecule has 0 bridgehead atoms. The zero-order chi connectivity index (χ0) is 21.6. The first-order chi connectivity index (χ1) is 14.2. The minimum absolute atomic E-state index is 0.0399. The average molecular weight is 414 g/mol. The summed E-state index contributed by atoms with van der Waals surface area (Å²) in [4.78, 5) is 30.6. The predicted molar refractivity (Wildman–Crippen MR) is 116 cm³/mol. The first kappa shape index (κ1) is 21.2. The molecular weight excluding hydrogens is 378 g/mol. The van der Waals surface area contributed by atoms with Gasteiger partial charge >= 0.3 is 12.0 Å². The van der Waals surface area contributed by atoms with E-state index in [4.69, 9.17) is 0 Å². The van der Waals surface area contributed by atoms with Crippen LogP contribution >= 0.6 is 0 Å². The lowest BCUT2D eigenvalue weighted by atomic mass is 9.66. The van der Waals surface area contributed by atoms with Crippen molar-refractivity contribution in [3.05, 3.63) is 35.9 Å². The summed E-state index contributed by atoms with van der Waals surface area (Å²) in [7, 11) is 4.30. The van der Waals surface area contributed by atoms with Crippen molar-refractivity contribution in [2.75, 3.05) is 33.7 Å². The van der Waals surface area contributed by atoms with Crippen LogP contribution in [0.15, 0.2) is 30.3 Å². The summed E-state index contributed by atoms with van der Waals surface area (Å²) >= 11 is 0. The molecule has 1 heterocycles. The fourth-order valence-corrected chi connectivity index (χ4v) is 6.02. The minimum atomic E-state index is -0.932. The summed E-state index contributed by atoms with van der Waals surface area (Å²) in [6.45, 7) is 3.36. The van der Waals surface area contributed by atoms with Crippen LogP contribution in [0.25, 0.3) is 0 Å². The van der Waals surface area contributed by atoms with Crippen molar-refractivity contribution < 1.29 is 14.7 Å². The zero-order valence-electron chi connectivity index (χ0n) is 18.6. The number of hydrogen-bond acceptors (Lipinski definition) is 3. The van der Waals surface area contributed by atoms with Gasteiger partial charge in [-0.3, -0.25) is 9.69 Å². The second kappa shape index (κ2) is 7.56. The summed E-state index contributed by atoms with van der Waals surface area (Å²) < 4.78 is 0. The maximum atomic E-state index is 13.3. The van der Waals surface area contributed by atoms with Crippen molar-refractivity contribution in [1.29, 1.82) is 0 Å². The van der Waals surface area contributed by atoms with Crippen LogP contribution in [0.4, 0.5) is 4.79 Å². The van der Waals surface area contributed by atoms with Crippen LogP contribution in [0.1, 0.15) is 57.4 Å². The SMILES string of the molecule is CN(C)[C@]1(c2ccccc2)CC[C@]2(CC1)CN(CC(=O)O)C(=O)N2CC1(C)CCC1. The highest BCUT2D eigenvalue weighted by Gasteiger charge is 2.56. The molecule has 2 aliphatic carbocycles. The van der Waals surface area contributed by atoms with Crippen molar-refractivity contribution in [3.63, 3.8) is 0 Å². The summed E-state index contributed by atoms with van der Waals surface area (Å²) in [6, 6.07) is 10.6. The Labute approximate surface area is 179 Å². The first-order valence-corrected chi connectivity index (χ1v) is 11.2. The van der Waals surface area contributed by atoms with Crippen LogP contribution in [-0.4, -0.2) is 71.1 Å². The van der Waals surface area contributed by atoms with Crippen LogP contribution in [-0.2, 0) is 10.3 Å². The molecular formula is C24H35N3O3. The van der Waals surface area contributed by atoms with Gasteiger partial charge in [-0.15, -0.1) is 0 Å². The van der Waals surface area contributed by atoms with Gasteiger partial charge in [0.15, 0.2) is 0 Å². The largest absolute Gasteiger partial charge is 0.480 e. The van der Waals surface area contributed by atoms with Crippen molar-refractivity contribution in [3.8, 4) is 0 Å². The van der Waals surface area contributed by atoms with Gasteiger partial charge in [-0.25, -0.2) is 4.79 Å². The lowest BCUT2D eigenvalue weighted by Gasteiger charge is -2.53. The van der Waals surface area contributed by atoms with Crippen molar-refractivity contribution in [1.82, 2.24) is 14.7 Å². The predicted octanol–water partition coefficient (Wildman–Crippen LogP) is 3.77. The van der Waals surface area contributed by atoms with Gasteiger partial charge in [-0.2, -0.15) is 0 Å². The van der Waals surface area contributed by atoms with Gasteiger partial charge in [-0.05, 0) is 63.6 Å². The fourth-order valence-electron chi connectivity index (χ4n) is 6.02. The molecule has 0 aromatic heterocycles. The molecule has 1 spiro atoms. The van der Waals surface area contributed by atoms with E-state index in [-0.39, 0.29) is 29.1 Å². The Bertz CT molecular complexity index is 795. The third-order valence-corrected chi connectivity index (χ3v) is 8.16. The van der Waals surface area contributed by atoms with Crippen LogP contribution in [0, 0.1) is 5.41 Å². The molecule has 1 N–H and O–H groups in total. The Morgan fingerprint density at radius 3 is 2.20 bits per heavy atom. The molecule has 1 aromatic carbocycles. The lowest BCUT2D eigenvalue weighted by molar-refractivity contribution is -0.137. The molecule has 2 amide bonds. The van der Waals surface area contributed by atoms with Crippen molar-refractivity contribution in [2.45, 2.75) is 62.9 Å². The molecule has 3 aliphatic rings. The summed E-state index contributed by atoms with van der Waals surface area (Å²) in [5.74, 6) is -0.932. The Morgan fingerprint density at radius 1 is 1.07 bits per heavy atom. The van der Waals surface area contributed by atoms with E-state index in [1.807, 2.05) is 0 Å². The Hall–Kier alpha value is -2.08. The number of nitrogens with zero attached hydrogens (tertiary/aromatic N) is 3. The standard InChI is InChI=1S/C24H35N3O3/c1-22(10-7-11-22)17-27-21(30)26(16-20(28)29)18-23(27)12-14-24(15-13-23,25(2)3)19-8-5-4-6-9-19/h4-6,8-9H,7,10-18H2,1-3H3,(H,28,29)/t23-,24+. The fraction of sp³-hybridized carbons (Fsp3) is 0.667. The van der Waals surface area contributed by atoms with E-state index >= 15 is 0 Å². The van der Waals surface area contributed by atoms with Gasteiger partial charge in [0.25, 0.3) is 0 Å². The van der Waals surface area contributed by atoms with Crippen molar-refractivity contribution in [2.24, 2.45) is 5.41 Å². The summed E-state index contributed by atoms with van der Waals surface area (Å²) in [6.07, 6.45) is 7.25. The normalized spacial score (nSPS) is 30.7. The molecule has 6 heteroatoms. The number of carbonyl (C=O) groups excluding carboxylic acids is 1. The second-order valence-electron chi connectivity index (χ2n) is 10.3. The van der Waals surface area contributed by atoms with Crippen LogP contribution in [0.2, 0.25) is 0 Å². The van der Waals surface area contributed by atoms with E-state index in [9.17, 15) is 14.7 Å². The van der Waals surface area contributed by atoms with E-state index in [2.05, 4.69) is 61.2 Å². The third kappa shape index (κ3) is 3.49. The molecule has 0 unspecified atom stereocenters. The summed E-state index contributed by atoms with van der Waals surface area (Å²) in [5, 5.41) is 9.34. The monoisotopic (exact) mass is 413 g/mol. The van der Waals surface area contributed by atoms with Crippen molar-refractivity contribution >= 4 is 12.0 Å². The maximum Gasteiger partial charge on any atom is 0.323 e. The number of carboxylic acids is 1. The number of urea groups is 1. The quantitative estimate of drug-likeness (QED) is 0.771. The van der Waals surface area contributed by atoms with E-state index < -0.39 is 5.97 Å². The van der Waals surface area contributed by atoms with E-state index in [0.717, 1.165) is 45.1 Å². The molecule has 0 radical (unpaired) electrons. The number of aliphatic carboxylic acids is 1. The molecule has 1 aliphatic heterocycles. The van der Waals surface area contributed by atoms with Gasteiger partial charge in [0.05, 0.1) is 5.54 Å². The average Bonchev–Trinajstić information content (AvgIpc) is 2.93. The van der Waals surface area contributed by atoms with Gasteiger partial charge in [0, 0.05) is 18.6 Å². The van der Waals surface area contributed by atoms with Crippen LogP contribution < -0.4 is 0 Å². The van der Waals surface area contributed by atoms with Gasteiger partial charge < -0.3 is 14.9 Å². The molecule has 1 aromatic rings. The molecule has 0 atom stereocenters. The zero-order valence-corrected chi connectivity index (χ0v) is 18.6. The topological polar surface area (TPSA) is 64.1 Å². The number of carboxylic acid groups (broad SMARTS) is 1. The Balaban J connectivity index is 1.61. The van der Waals surface area contributed by atoms with Gasteiger partial charge in [0.2, 0.25) is 0 Å². The highest BCUT2D eigenvalue weighted by molar-refractivity contribution is 5.83. The molecule has 4 rings (SSSR count). The van der Waals surface area contributed by atoms with E-state index in [1.54, 1.807) is 4.90 Å². The Kier molecular flexibility index (Phi) is 5.33. The summed E-state index contributed by atoms with van der Waals surface area (Å²) in [5.41, 5.74) is 1.22. The van der Waals surface area contributed by atoms with Gasteiger partial charge in [-0.1, -0.05) is 43.7 Å². The lowest BCUT2D eigenvalue weighted by Crippen LogP contribution is -2.57. The number of benzene rings is 1. The highest BCUT2D eigenvalue weighted by Crippen LogP contribution is 2.51. The molecule has 6 nitrogen and oxygen atoms in total. The molecule has 3 fully saturated rings. The Morgan fingerprint density at radius 2 is 1.70 bits per heavy atom. The number of rotatable bonds is 6. The van der Waals surface area contributed by atoms with E-state index in [0.29, 0.717) is 6.54 Å². The maximum absolute atomic E-state index is 13.3. The molecule has 2 saturated carbocycles. The minimum Gasteiger partial charge on any atom is -0.480 e. The molecule has 30 heavy (non-hydrogen) atoms. The second-order valence-corrected chi connectivity index (χ2v) is 10.3. The van der Waals surface area contributed by atoms with Crippen LogP contribution in [0.5, 0.6) is 0 Å². The smallest absolute Gasteiger partial charge is 0.323 e.